The van der Waals surface area contributed by atoms with Crippen molar-refractivity contribution in [3.63, 3.8) is 0 Å². The molecule has 0 saturated heterocycles. The van der Waals surface area contributed by atoms with Crippen molar-refractivity contribution >= 4 is 35.8 Å². The second kappa shape index (κ2) is 3.51. The Balaban J connectivity index is 3.09. The first kappa shape index (κ1) is 8.25. The van der Waals surface area contributed by atoms with Crippen LogP contribution in [0.25, 0.3) is 0 Å². The quantitative estimate of drug-likeness (QED) is 0.513. The smallest absolute Gasteiger partial charge is 0.0485 e. The Kier molecular flexibility index (Phi) is 2.90. The van der Waals surface area contributed by atoms with Gasteiger partial charge >= 0.3 is 0 Å². The fourth-order valence-corrected chi connectivity index (χ4v) is 1.39. The zero-order valence-electron chi connectivity index (χ0n) is 5.14. The first-order chi connectivity index (χ1) is 4.74. The summed E-state index contributed by atoms with van der Waals surface area (Å²) in [4.78, 5) is 0.888. The summed E-state index contributed by atoms with van der Waals surface area (Å²) in [6.07, 6.45) is 0. The summed E-state index contributed by atoms with van der Waals surface area (Å²) in [5, 5.41) is 0.702. The molecule has 0 unspecified atom stereocenters. The summed E-state index contributed by atoms with van der Waals surface area (Å²) in [5.41, 5.74) is 0.970. The van der Waals surface area contributed by atoms with Crippen molar-refractivity contribution in [2.45, 2.75) is 10.8 Å². The lowest BCUT2D eigenvalue weighted by molar-refractivity contribution is 1.27. The maximum Gasteiger partial charge on any atom is 0.0485 e. The van der Waals surface area contributed by atoms with Crippen LogP contribution < -0.4 is 0 Å². The fraction of sp³-hybridized carbons (Fsp3) is 0.143. The van der Waals surface area contributed by atoms with E-state index in [-0.39, 0.29) is 0 Å². The van der Waals surface area contributed by atoms with Gasteiger partial charge < -0.3 is 0 Å². The minimum atomic E-state index is 0.458. The maximum atomic E-state index is 5.70. The maximum absolute atomic E-state index is 5.70. The van der Waals surface area contributed by atoms with Gasteiger partial charge in [0, 0.05) is 15.8 Å². The lowest BCUT2D eigenvalue weighted by atomic mass is 10.2. The van der Waals surface area contributed by atoms with Crippen LogP contribution in [0.5, 0.6) is 0 Å². The van der Waals surface area contributed by atoms with Gasteiger partial charge in [-0.3, -0.25) is 0 Å². The highest BCUT2D eigenvalue weighted by Gasteiger charge is 1.96. The van der Waals surface area contributed by atoms with E-state index in [2.05, 4.69) is 12.6 Å². The molecule has 1 rings (SSSR count). The Morgan fingerprint density at radius 2 is 2.10 bits per heavy atom. The second-order valence-electron chi connectivity index (χ2n) is 1.91. The Labute approximate surface area is 75.6 Å². The molecule has 54 valence electrons. The van der Waals surface area contributed by atoms with Crippen LogP contribution in [0.1, 0.15) is 5.56 Å². The number of hydrogen-bond acceptors (Lipinski definition) is 1. The summed E-state index contributed by atoms with van der Waals surface area (Å²) in [7, 11) is 0. The molecule has 1 aromatic carbocycles. The normalized spacial score (nSPS) is 9.90. The van der Waals surface area contributed by atoms with Gasteiger partial charge in [0.1, 0.15) is 0 Å². The molecule has 0 aliphatic heterocycles. The van der Waals surface area contributed by atoms with Gasteiger partial charge in [-0.05, 0) is 23.8 Å². The average Bonchev–Trinajstić information content (AvgIpc) is 1.94. The van der Waals surface area contributed by atoms with Crippen molar-refractivity contribution in [1.82, 2.24) is 0 Å². The van der Waals surface area contributed by atoms with Gasteiger partial charge in [0.25, 0.3) is 0 Å². The van der Waals surface area contributed by atoms with Gasteiger partial charge in [0.05, 0.1) is 0 Å². The lowest BCUT2D eigenvalue weighted by Gasteiger charge is -1.99. The molecule has 0 spiro atoms. The molecule has 0 atom stereocenters. The van der Waals surface area contributed by atoms with E-state index in [4.69, 9.17) is 23.2 Å². The predicted octanol–water partition coefficient (Wildman–Crippen LogP) is 3.37. The van der Waals surface area contributed by atoms with Crippen LogP contribution in [0, 0.1) is 0 Å². The first-order valence-corrected chi connectivity index (χ1v) is 4.13. The van der Waals surface area contributed by atoms with Crippen LogP contribution in [0.2, 0.25) is 5.02 Å². The van der Waals surface area contributed by atoms with Gasteiger partial charge in [-0.25, -0.2) is 0 Å². The zero-order chi connectivity index (χ0) is 7.56. The number of alkyl halides is 1. The SMILES string of the molecule is Sc1ccc(Cl)cc1CCl. The molecular weight excluding hydrogens is 187 g/mol. The molecular formula is C7H6Cl2S. The summed E-state index contributed by atoms with van der Waals surface area (Å²) in [6.45, 7) is 0. The second-order valence-corrected chi connectivity index (χ2v) is 3.09. The molecule has 0 N–H and O–H groups in total. The zero-order valence-corrected chi connectivity index (χ0v) is 7.55. The molecule has 0 nitrogen and oxygen atoms in total. The van der Waals surface area contributed by atoms with Crippen LogP contribution in [-0.2, 0) is 5.88 Å². The van der Waals surface area contributed by atoms with E-state index in [0.29, 0.717) is 10.9 Å². The van der Waals surface area contributed by atoms with Crippen molar-refractivity contribution in [3.8, 4) is 0 Å². The first-order valence-electron chi connectivity index (χ1n) is 2.77. The fourth-order valence-electron chi connectivity index (χ4n) is 0.661. The predicted molar refractivity (Wildman–Crippen MR) is 48.3 cm³/mol. The molecule has 0 radical (unpaired) electrons. The van der Waals surface area contributed by atoms with E-state index in [0.717, 1.165) is 10.5 Å². The van der Waals surface area contributed by atoms with E-state index in [9.17, 15) is 0 Å². The molecule has 0 aromatic heterocycles. The van der Waals surface area contributed by atoms with E-state index < -0.39 is 0 Å². The van der Waals surface area contributed by atoms with Gasteiger partial charge in [0.15, 0.2) is 0 Å². The largest absolute Gasteiger partial charge is 0.143 e. The number of thiol groups is 1. The molecule has 1 aromatic rings. The monoisotopic (exact) mass is 192 g/mol. The van der Waals surface area contributed by atoms with Gasteiger partial charge in [-0.15, -0.1) is 24.2 Å². The van der Waals surface area contributed by atoms with Crippen molar-refractivity contribution in [2.75, 3.05) is 0 Å². The topological polar surface area (TPSA) is 0 Å². The number of rotatable bonds is 1. The highest BCUT2D eigenvalue weighted by Crippen LogP contribution is 2.20. The Hall–Kier alpha value is 0.150. The third kappa shape index (κ3) is 1.82. The van der Waals surface area contributed by atoms with Crippen LogP contribution in [0.15, 0.2) is 23.1 Å². The Bertz CT molecular complexity index is 235. The number of benzene rings is 1. The summed E-state index contributed by atoms with van der Waals surface area (Å²) in [5.74, 6) is 0.458. The molecule has 0 aliphatic carbocycles. The summed E-state index contributed by atoms with van der Waals surface area (Å²) >= 11 is 15.5. The number of halogens is 2. The van der Waals surface area contributed by atoms with Crippen LogP contribution in [0.3, 0.4) is 0 Å². The molecule has 10 heavy (non-hydrogen) atoms. The molecule has 3 heteroatoms. The summed E-state index contributed by atoms with van der Waals surface area (Å²) < 4.78 is 0. The molecule has 0 amide bonds. The molecule has 0 aliphatic rings. The van der Waals surface area contributed by atoms with Crippen LogP contribution >= 0.6 is 35.8 Å². The van der Waals surface area contributed by atoms with Gasteiger partial charge in [0.2, 0.25) is 0 Å². The minimum Gasteiger partial charge on any atom is -0.143 e. The lowest BCUT2D eigenvalue weighted by Crippen LogP contribution is -1.79. The van der Waals surface area contributed by atoms with Crippen molar-refractivity contribution in [3.05, 3.63) is 28.8 Å². The number of hydrogen-bond donors (Lipinski definition) is 1. The Morgan fingerprint density at radius 3 is 2.60 bits per heavy atom. The van der Waals surface area contributed by atoms with E-state index in [1.807, 2.05) is 12.1 Å². The summed E-state index contributed by atoms with van der Waals surface area (Å²) in [6, 6.07) is 5.44. The average molecular weight is 193 g/mol. The van der Waals surface area contributed by atoms with Crippen molar-refractivity contribution in [1.29, 1.82) is 0 Å². The highest BCUT2D eigenvalue weighted by molar-refractivity contribution is 7.80. The molecule has 0 saturated carbocycles. The molecule has 0 heterocycles. The van der Waals surface area contributed by atoms with Crippen molar-refractivity contribution < 1.29 is 0 Å². The van der Waals surface area contributed by atoms with Crippen LogP contribution in [-0.4, -0.2) is 0 Å². The van der Waals surface area contributed by atoms with Crippen molar-refractivity contribution in [2.24, 2.45) is 0 Å². The minimum absolute atomic E-state index is 0.458. The van der Waals surface area contributed by atoms with E-state index in [1.165, 1.54) is 0 Å². The standard InChI is InChI=1S/C7H6Cl2S/c8-4-5-3-6(9)1-2-7(5)10/h1-3,10H,4H2. The molecule has 0 bridgehead atoms. The third-order valence-corrected chi connectivity index (χ3v) is 2.14. The molecule has 0 fully saturated rings. The van der Waals surface area contributed by atoms with Crippen LogP contribution in [0.4, 0.5) is 0 Å². The van der Waals surface area contributed by atoms with Gasteiger partial charge in [-0.2, -0.15) is 0 Å². The van der Waals surface area contributed by atoms with Gasteiger partial charge in [-0.1, -0.05) is 11.6 Å². The Morgan fingerprint density at radius 1 is 1.40 bits per heavy atom. The van der Waals surface area contributed by atoms with E-state index >= 15 is 0 Å². The highest BCUT2D eigenvalue weighted by atomic mass is 35.5. The van der Waals surface area contributed by atoms with E-state index in [1.54, 1.807) is 6.07 Å². The third-order valence-electron chi connectivity index (χ3n) is 1.19.